The van der Waals surface area contributed by atoms with Gasteiger partial charge in [0.25, 0.3) is 0 Å². The Labute approximate surface area is 207 Å². The van der Waals surface area contributed by atoms with E-state index in [1.54, 1.807) is 6.07 Å². The molecule has 0 radical (unpaired) electrons. The summed E-state index contributed by atoms with van der Waals surface area (Å²) in [5.74, 6) is 0. The summed E-state index contributed by atoms with van der Waals surface area (Å²) in [5.41, 5.74) is 6.15. The van der Waals surface area contributed by atoms with Crippen molar-refractivity contribution in [3.8, 4) is 22.8 Å². The van der Waals surface area contributed by atoms with Crippen LogP contribution in [0.15, 0.2) is 47.5 Å². The van der Waals surface area contributed by atoms with Gasteiger partial charge in [-0.2, -0.15) is 0 Å². The minimum absolute atomic E-state index is 0.0230. The maximum absolute atomic E-state index is 13.2. The highest BCUT2D eigenvalue weighted by Crippen LogP contribution is 2.27. The van der Waals surface area contributed by atoms with Crippen LogP contribution in [0, 0.1) is 0 Å². The van der Waals surface area contributed by atoms with E-state index in [0.29, 0.717) is 6.42 Å². The number of pyridine rings is 3. The number of nitrogens with one attached hydrogen (secondary N) is 1. The van der Waals surface area contributed by atoms with Crippen LogP contribution in [-0.4, -0.2) is 91.2 Å². The first-order valence-corrected chi connectivity index (χ1v) is 12.6. The van der Waals surface area contributed by atoms with Crippen LogP contribution in [0.5, 0.6) is 0 Å². The maximum Gasteiger partial charge on any atom is 0.186 e. The second-order valence-corrected chi connectivity index (χ2v) is 9.63. The zero-order valence-electron chi connectivity index (χ0n) is 21.0. The van der Waals surface area contributed by atoms with Gasteiger partial charge < -0.3 is 24.6 Å². The summed E-state index contributed by atoms with van der Waals surface area (Å²) in [6.45, 7) is 10.1. The normalized spacial score (nSPS) is 17.7. The van der Waals surface area contributed by atoms with Gasteiger partial charge >= 0.3 is 0 Å². The van der Waals surface area contributed by atoms with Crippen LogP contribution >= 0.6 is 0 Å². The molecule has 5 heterocycles. The number of hydrogen-bond donors (Lipinski definition) is 1. The molecule has 5 rings (SSSR count). The number of nitrogens with zero attached hydrogens (tertiary/aromatic N) is 6. The van der Waals surface area contributed by atoms with E-state index in [-0.39, 0.29) is 5.43 Å². The zero-order valence-corrected chi connectivity index (χ0v) is 21.0. The van der Waals surface area contributed by atoms with Gasteiger partial charge in [0.2, 0.25) is 0 Å². The van der Waals surface area contributed by atoms with E-state index < -0.39 is 0 Å². The second-order valence-electron chi connectivity index (χ2n) is 9.63. The quantitative estimate of drug-likeness (QED) is 0.611. The monoisotopic (exact) mass is 473 g/mol. The van der Waals surface area contributed by atoms with E-state index in [9.17, 15) is 4.79 Å². The van der Waals surface area contributed by atoms with Gasteiger partial charge in [-0.15, -0.1) is 0 Å². The summed E-state index contributed by atoms with van der Waals surface area (Å²) in [6, 6.07) is 9.98. The van der Waals surface area contributed by atoms with Gasteiger partial charge in [-0.3, -0.25) is 14.8 Å². The lowest BCUT2D eigenvalue weighted by Crippen LogP contribution is -2.44. The third-order valence-corrected chi connectivity index (χ3v) is 7.24. The molecule has 3 aromatic heterocycles. The fourth-order valence-corrected chi connectivity index (χ4v) is 4.94. The Hall–Kier alpha value is -3.23. The highest BCUT2D eigenvalue weighted by Gasteiger charge is 2.19. The van der Waals surface area contributed by atoms with E-state index in [1.807, 2.05) is 19.3 Å². The number of piperazine rings is 2. The zero-order chi connectivity index (χ0) is 24.4. The fraction of sp³-hybridized carbons (Fsp3) is 0.444. The van der Waals surface area contributed by atoms with Crippen molar-refractivity contribution in [3.05, 3.63) is 58.5 Å². The molecule has 0 saturated carbocycles. The summed E-state index contributed by atoms with van der Waals surface area (Å²) in [4.78, 5) is 35.4. The van der Waals surface area contributed by atoms with Crippen molar-refractivity contribution in [2.24, 2.45) is 0 Å². The minimum Gasteiger partial charge on any atom is -0.369 e. The van der Waals surface area contributed by atoms with E-state index >= 15 is 0 Å². The molecule has 2 aliphatic rings. The van der Waals surface area contributed by atoms with Gasteiger partial charge in [-0.1, -0.05) is 6.92 Å². The van der Waals surface area contributed by atoms with Crippen LogP contribution in [0.2, 0.25) is 0 Å². The summed E-state index contributed by atoms with van der Waals surface area (Å²) >= 11 is 0. The highest BCUT2D eigenvalue weighted by molar-refractivity contribution is 5.69. The minimum atomic E-state index is 0.0230. The van der Waals surface area contributed by atoms with Gasteiger partial charge in [-0.25, -0.2) is 0 Å². The molecule has 2 fully saturated rings. The molecule has 0 aromatic carbocycles. The Morgan fingerprint density at radius 3 is 1.83 bits per heavy atom. The molecule has 2 saturated heterocycles. The predicted molar refractivity (Wildman–Crippen MR) is 142 cm³/mol. The number of aromatic nitrogens is 3. The van der Waals surface area contributed by atoms with Gasteiger partial charge in [0, 0.05) is 87.8 Å². The van der Waals surface area contributed by atoms with E-state index in [4.69, 9.17) is 0 Å². The maximum atomic E-state index is 13.2. The molecule has 0 spiro atoms. The summed E-state index contributed by atoms with van der Waals surface area (Å²) < 4.78 is 0. The van der Waals surface area contributed by atoms with Crippen molar-refractivity contribution in [2.75, 3.05) is 76.3 Å². The van der Waals surface area contributed by atoms with Crippen molar-refractivity contribution in [1.29, 1.82) is 0 Å². The van der Waals surface area contributed by atoms with Gasteiger partial charge in [0.05, 0.1) is 22.8 Å². The molecule has 35 heavy (non-hydrogen) atoms. The van der Waals surface area contributed by atoms with Crippen LogP contribution in [0.25, 0.3) is 22.8 Å². The number of anilines is 2. The molecular formula is C27H35N7O. The smallest absolute Gasteiger partial charge is 0.186 e. The van der Waals surface area contributed by atoms with E-state index in [0.717, 1.165) is 92.1 Å². The molecule has 0 amide bonds. The lowest BCUT2D eigenvalue weighted by molar-refractivity contribution is 0.313. The van der Waals surface area contributed by atoms with Gasteiger partial charge in [0.1, 0.15) is 0 Å². The Morgan fingerprint density at radius 2 is 1.29 bits per heavy atom. The Bertz CT molecular complexity index is 1220. The van der Waals surface area contributed by atoms with Crippen LogP contribution < -0.4 is 15.2 Å². The Morgan fingerprint density at radius 1 is 0.771 bits per heavy atom. The third kappa shape index (κ3) is 5.09. The molecule has 1 N–H and O–H groups in total. The molecule has 8 heteroatoms. The largest absolute Gasteiger partial charge is 0.369 e. The first-order chi connectivity index (χ1) is 17.0. The summed E-state index contributed by atoms with van der Waals surface area (Å²) in [6.07, 6.45) is 4.32. The summed E-state index contributed by atoms with van der Waals surface area (Å²) in [7, 11) is 4.31. The summed E-state index contributed by atoms with van der Waals surface area (Å²) in [5, 5.41) is 0. The Balaban J connectivity index is 1.50. The lowest BCUT2D eigenvalue weighted by atomic mass is 10.0. The molecule has 0 bridgehead atoms. The number of likely N-dealkylation sites (N-methyl/N-ethyl adjacent to an activating group) is 2. The van der Waals surface area contributed by atoms with Crippen LogP contribution in [0.4, 0.5) is 11.4 Å². The van der Waals surface area contributed by atoms with Gasteiger partial charge in [-0.05, 0) is 44.8 Å². The van der Waals surface area contributed by atoms with Gasteiger partial charge in [0.15, 0.2) is 5.43 Å². The van der Waals surface area contributed by atoms with Crippen LogP contribution in [0.1, 0.15) is 12.5 Å². The molecule has 0 unspecified atom stereocenters. The molecule has 3 aromatic rings. The SMILES string of the molecule is CCc1c(-c2cc(N3CCN(C)CC3)ccn2)[nH]c(-c2cc(N3CCN(C)CC3)ccn2)cc1=O. The first-order valence-electron chi connectivity index (χ1n) is 12.6. The number of aromatic amines is 1. The van der Waals surface area contributed by atoms with E-state index in [2.05, 4.69) is 72.9 Å². The van der Waals surface area contributed by atoms with Crippen molar-refractivity contribution in [3.63, 3.8) is 0 Å². The Kier molecular flexibility index (Phi) is 6.83. The average Bonchev–Trinajstić information content (AvgIpc) is 2.89. The lowest BCUT2D eigenvalue weighted by Gasteiger charge is -2.34. The molecular weight excluding hydrogens is 438 g/mol. The highest BCUT2D eigenvalue weighted by atomic mass is 16.1. The molecule has 0 atom stereocenters. The van der Waals surface area contributed by atoms with Crippen LogP contribution in [0.3, 0.4) is 0 Å². The topological polar surface area (TPSA) is 71.6 Å². The molecule has 0 aliphatic carbocycles. The molecule has 8 nitrogen and oxygen atoms in total. The molecule has 184 valence electrons. The molecule has 2 aliphatic heterocycles. The van der Waals surface area contributed by atoms with Crippen molar-refractivity contribution in [1.82, 2.24) is 24.8 Å². The fourth-order valence-electron chi connectivity index (χ4n) is 4.94. The predicted octanol–water partition coefficient (Wildman–Crippen LogP) is 2.56. The first kappa shape index (κ1) is 23.5. The second kappa shape index (κ2) is 10.2. The number of rotatable bonds is 5. The number of hydrogen-bond acceptors (Lipinski definition) is 7. The average molecular weight is 474 g/mol. The van der Waals surface area contributed by atoms with Crippen LogP contribution in [-0.2, 0) is 6.42 Å². The van der Waals surface area contributed by atoms with E-state index in [1.165, 1.54) is 0 Å². The van der Waals surface area contributed by atoms with Crippen molar-refractivity contribution < 1.29 is 0 Å². The standard InChI is InChI=1S/C27H35N7O/c1-4-22-26(35)19-24(23-17-20(5-7-28-23)33-13-9-31(2)10-14-33)30-27(22)25-18-21(6-8-29-25)34-15-11-32(3)12-16-34/h5-8,17-19H,4,9-16H2,1-3H3,(H,30,35). The van der Waals surface area contributed by atoms with Crippen molar-refractivity contribution in [2.45, 2.75) is 13.3 Å². The van der Waals surface area contributed by atoms with Crippen molar-refractivity contribution >= 4 is 11.4 Å². The number of H-pyrrole nitrogens is 1. The third-order valence-electron chi connectivity index (χ3n) is 7.24.